The predicted molar refractivity (Wildman–Crippen MR) is 57.1 cm³/mol. The van der Waals surface area contributed by atoms with Gasteiger partial charge in [0.05, 0.1) is 5.56 Å². The number of alkyl halides is 4. The second-order valence-corrected chi connectivity index (χ2v) is 4.13. The van der Waals surface area contributed by atoms with Crippen LogP contribution in [0.4, 0.5) is 13.2 Å². The van der Waals surface area contributed by atoms with Gasteiger partial charge in [0.15, 0.2) is 0 Å². The van der Waals surface area contributed by atoms with Gasteiger partial charge in [0, 0.05) is 0 Å². The van der Waals surface area contributed by atoms with Crippen molar-refractivity contribution >= 4 is 21.7 Å². The third-order valence-electron chi connectivity index (χ3n) is 1.88. The largest absolute Gasteiger partial charge is 0.573 e. The van der Waals surface area contributed by atoms with Gasteiger partial charge in [-0.2, -0.15) is 0 Å². The molecule has 1 N–H and O–H groups in total. The van der Waals surface area contributed by atoms with Crippen LogP contribution in [-0.4, -0.2) is 17.3 Å². The van der Waals surface area contributed by atoms with E-state index in [2.05, 4.69) is 20.7 Å². The molecule has 7 heteroatoms. The summed E-state index contributed by atoms with van der Waals surface area (Å²) in [5.74, 6) is -1.49. The van der Waals surface area contributed by atoms with Gasteiger partial charge in [-0.15, -0.1) is 13.2 Å². The zero-order chi connectivity index (χ0) is 13.2. The Hall–Kier alpha value is -1.24. The van der Waals surface area contributed by atoms with E-state index in [9.17, 15) is 23.1 Å². The molecule has 0 aliphatic rings. The number of ketones is 1. The Bertz CT molecular complexity index is 431. The van der Waals surface area contributed by atoms with E-state index in [1.807, 2.05) is 0 Å². The SMILES string of the molecule is CC(=O)C(Br)c1c(O)cccc1OC(F)(F)F. The molecule has 1 aromatic carbocycles. The summed E-state index contributed by atoms with van der Waals surface area (Å²) >= 11 is 2.90. The van der Waals surface area contributed by atoms with Crippen molar-refractivity contribution in [2.24, 2.45) is 0 Å². The van der Waals surface area contributed by atoms with Crippen LogP contribution in [0.3, 0.4) is 0 Å². The van der Waals surface area contributed by atoms with Crippen molar-refractivity contribution < 1.29 is 27.8 Å². The summed E-state index contributed by atoms with van der Waals surface area (Å²) in [4.78, 5) is 10.1. The Balaban J connectivity index is 3.22. The van der Waals surface area contributed by atoms with Gasteiger partial charge < -0.3 is 9.84 Å². The van der Waals surface area contributed by atoms with Crippen LogP contribution >= 0.6 is 15.9 Å². The van der Waals surface area contributed by atoms with Crippen LogP contribution in [0.15, 0.2) is 18.2 Å². The Morgan fingerprint density at radius 2 is 2.06 bits per heavy atom. The first kappa shape index (κ1) is 13.8. The lowest BCUT2D eigenvalue weighted by atomic mass is 10.1. The second-order valence-electron chi connectivity index (χ2n) is 3.21. The standard InChI is InChI=1S/C10H8BrF3O3/c1-5(15)9(11)8-6(16)3-2-4-7(8)17-10(12,13)14/h2-4,9,16H,1H3. The number of Topliss-reactive ketones (excluding diaryl/α,β-unsaturated/α-hetero) is 1. The molecule has 0 aromatic heterocycles. The first-order valence-corrected chi connectivity index (χ1v) is 5.36. The molecule has 0 saturated carbocycles. The van der Waals surface area contributed by atoms with Gasteiger partial charge in [0.2, 0.25) is 0 Å². The van der Waals surface area contributed by atoms with Gasteiger partial charge in [-0.05, 0) is 19.1 Å². The molecule has 0 saturated heterocycles. The zero-order valence-corrected chi connectivity index (χ0v) is 10.2. The van der Waals surface area contributed by atoms with Gasteiger partial charge in [-0.1, -0.05) is 22.0 Å². The van der Waals surface area contributed by atoms with Crippen LogP contribution in [0.5, 0.6) is 11.5 Å². The van der Waals surface area contributed by atoms with Crippen LogP contribution in [0, 0.1) is 0 Å². The number of hydrogen-bond acceptors (Lipinski definition) is 3. The summed E-state index contributed by atoms with van der Waals surface area (Å²) in [7, 11) is 0. The molecule has 0 radical (unpaired) electrons. The fraction of sp³-hybridized carbons (Fsp3) is 0.300. The van der Waals surface area contributed by atoms with Crippen molar-refractivity contribution in [3.63, 3.8) is 0 Å². The molecule has 1 rings (SSSR count). The van der Waals surface area contributed by atoms with Crippen molar-refractivity contribution in [1.82, 2.24) is 0 Å². The average molecular weight is 313 g/mol. The molecule has 3 nitrogen and oxygen atoms in total. The topological polar surface area (TPSA) is 46.5 Å². The number of benzene rings is 1. The van der Waals surface area contributed by atoms with Crippen LogP contribution in [0.1, 0.15) is 17.3 Å². The Labute approximate surface area is 103 Å². The summed E-state index contributed by atoms with van der Waals surface area (Å²) in [6, 6.07) is 3.40. The molecular weight excluding hydrogens is 305 g/mol. The van der Waals surface area contributed by atoms with E-state index in [4.69, 9.17) is 0 Å². The molecule has 0 bridgehead atoms. The number of carbonyl (C=O) groups excluding carboxylic acids is 1. The van der Waals surface area contributed by atoms with Crippen molar-refractivity contribution in [1.29, 1.82) is 0 Å². The van der Waals surface area contributed by atoms with Crippen molar-refractivity contribution in [3.05, 3.63) is 23.8 Å². The van der Waals surface area contributed by atoms with E-state index in [1.165, 1.54) is 19.1 Å². The minimum absolute atomic E-state index is 0.239. The molecule has 0 fully saturated rings. The molecule has 0 aliphatic heterocycles. The van der Waals surface area contributed by atoms with Crippen molar-refractivity contribution in [2.75, 3.05) is 0 Å². The van der Waals surface area contributed by atoms with Gasteiger partial charge in [0.1, 0.15) is 22.1 Å². The molecule has 0 amide bonds. The zero-order valence-electron chi connectivity index (χ0n) is 8.58. The minimum atomic E-state index is -4.88. The van der Waals surface area contributed by atoms with E-state index >= 15 is 0 Å². The lowest BCUT2D eigenvalue weighted by Crippen LogP contribution is -2.19. The summed E-state index contributed by atoms with van der Waals surface area (Å²) in [6.45, 7) is 1.18. The van der Waals surface area contributed by atoms with Crippen LogP contribution in [0.2, 0.25) is 0 Å². The Kier molecular flexibility index (Phi) is 4.03. The summed E-state index contributed by atoms with van der Waals surface area (Å²) in [5, 5.41) is 9.48. The highest BCUT2D eigenvalue weighted by Gasteiger charge is 2.34. The number of carbonyl (C=O) groups is 1. The van der Waals surface area contributed by atoms with Crippen LogP contribution in [-0.2, 0) is 4.79 Å². The normalized spacial score (nSPS) is 13.2. The minimum Gasteiger partial charge on any atom is -0.507 e. The third kappa shape index (κ3) is 3.62. The van der Waals surface area contributed by atoms with Crippen LogP contribution < -0.4 is 4.74 Å². The molecule has 1 atom stereocenters. The maximum Gasteiger partial charge on any atom is 0.573 e. The third-order valence-corrected chi connectivity index (χ3v) is 2.98. The quantitative estimate of drug-likeness (QED) is 0.871. The maximum atomic E-state index is 12.1. The smallest absolute Gasteiger partial charge is 0.507 e. The number of rotatable bonds is 3. The van der Waals surface area contributed by atoms with E-state index in [-0.39, 0.29) is 5.56 Å². The maximum absolute atomic E-state index is 12.1. The monoisotopic (exact) mass is 312 g/mol. The van der Waals surface area contributed by atoms with E-state index in [0.717, 1.165) is 6.07 Å². The van der Waals surface area contributed by atoms with Crippen LogP contribution in [0.25, 0.3) is 0 Å². The number of phenols is 1. The molecule has 1 aromatic rings. The highest BCUT2D eigenvalue weighted by atomic mass is 79.9. The van der Waals surface area contributed by atoms with E-state index in [0.29, 0.717) is 0 Å². The fourth-order valence-electron chi connectivity index (χ4n) is 1.20. The molecule has 94 valence electrons. The number of phenolic OH excluding ortho intramolecular Hbond substituents is 1. The van der Waals surface area contributed by atoms with E-state index < -0.39 is 28.5 Å². The van der Waals surface area contributed by atoms with Gasteiger partial charge in [0.25, 0.3) is 0 Å². The summed E-state index contributed by atoms with van der Waals surface area (Å²) in [6.07, 6.45) is -4.88. The lowest BCUT2D eigenvalue weighted by molar-refractivity contribution is -0.274. The highest BCUT2D eigenvalue weighted by Crippen LogP contribution is 2.40. The van der Waals surface area contributed by atoms with Gasteiger partial charge in [-0.25, -0.2) is 0 Å². The van der Waals surface area contributed by atoms with E-state index in [1.54, 1.807) is 0 Å². The summed E-state index contributed by atoms with van der Waals surface area (Å²) in [5.41, 5.74) is -0.239. The number of halogens is 4. The molecule has 17 heavy (non-hydrogen) atoms. The molecule has 1 unspecified atom stereocenters. The van der Waals surface area contributed by atoms with Gasteiger partial charge >= 0.3 is 6.36 Å². The van der Waals surface area contributed by atoms with Crippen molar-refractivity contribution in [3.8, 4) is 11.5 Å². The summed E-state index contributed by atoms with van der Waals surface area (Å²) < 4.78 is 40.1. The molecule has 0 heterocycles. The Morgan fingerprint density at radius 3 is 2.53 bits per heavy atom. The first-order valence-electron chi connectivity index (χ1n) is 4.44. The number of ether oxygens (including phenoxy) is 1. The number of aromatic hydroxyl groups is 1. The lowest BCUT2D eigenvalue weighted by Gasteiger charge is -2.16. The van der Waals surface area contributed by atoms with Gasteiger partial charge in [-0.3, -0.25) is 4.79 Å². The predicted octanol–water partition coefficient (Wildman–Crippen LogP) is 3.32. The second kappa shape index (κ2) is 4.95. The number of hydrogen-bond donors (Lipinski definition) is 1. The molecule has 0 spiro atoms. The Morgan fingerprint density at radius 1 is 1.47 bits per heavy atom. The van der Waals surface area contributed by atoms with Crippen molar-refractivity contribution in [2.45, 2.75) is 18.1 Å². The fourth-order valence-corrected chi connectivity index (χ4v) is 1.66. The molecular formula is C10H8BrF3O3. The molecule has 0 aliphatic carbocycles. The first-order chi connectivity index (χ1) is 7.72. The average Bonchev–Trinajstić information content (AvgIpc) is 2.14. The highest BCUT2D eigenvalue weighted by molar-refractivity contribution is 9.09.